The van der Waals surface area contributed by atoms with Crippen LogP contribution in [0.5, 0.6) is 5.75 Å². The topological polar surface area (TPSA) is 91.8 Å². The van der Waals surface area contributed by atoms with E-state index in [-0.39, 0.29) is 28.4 Å². The number of fused-ring (bicyclic) bond motifs is 3. The van der Waals surface area contributed by atoms with Gasteiger partial charge in [0.25, 0.3) is 5.91 Å². The zero-order valence-corrected chi connectivity index (χ0v) is 30.1. The van der Waals surface area contributed by atoms with Gasteiger partial charge in [0.1, 0.15) is 16.7 Å². The van der Waals surface area contributed by atoms with E-state index in [1.165, 1.54) is 11.1 Å². The molecule has 1 spiro atoms. The monoisotopic (exact) mass is 689 g/mol. The zero-order valence-electron chi connectivity index (χ0n) is 28.5. The Hall–Kier alpha value is -3.20. The third-order valence-corrected chi connectivity index (χ3v) is 12.0. The zero-order chi connectivity index (χ0) is 34.1. The molecule has 3 aromatic rings. The van der Waals surface area contributed by atoms with Crippen LogP contribution < -0.4 is 14.4 Å². The molecule has 1 fully saturated rings. The van der Waals surface area contributed by atoms with Gasteiger partial charge in [-0.3, -0.25) is 14.5 Å². The molecule has 2 aromatic carbocycles. The molecule has 2 aliphatic carbocycles. The summed E-state index contributed by atoms with van der Waals surface area (Å²) in [4.78, 5) is 20.3. The number of carbonyl (C=O) groups is 1. The molecule has 5 atom stereocenters. The lowest BCUT2D eigenvalue weighted by Crippen LogP contribution is -2.53. The fourth-order valence-corrected chi connectivity index (χ4v) is 8.60. The summed E-state index contributed by atoms with van der Waals surface area (Å²) in [6.45, 7) is 9.72. The Morgan fingerprint density at radius 2 is 2.06 bits per heavy atom. The van der Waals surface area contributed by atoms with Crippen LogP contribution in [-0.4, -0.2) is 50.8 Å². The molecular formula is C39H48ClN3O4S. The van der Waals surface area contributed by atoms with Crippen LogP contribution in [0, 0.1) is 18.8 Å². The molecule has 1 aromatic heterocycles. The average molecular weight is 690 g/mol. The van der Waals surface area contributed by atoms with Crippen molar-refractivity contribution in [2.75, 3.05) is 24.6 Å². The molecule has 1 saturated carbocycles. The van der Waals surface area contributed by atoms with Crippen molar-refractivity contribution in [1.82, 2.24) is 9.71 Å². The first-order valence-corrected chi connectivity index (χ1v) is 18.9. The Morgan fingerprint density at radius 1 is 1.23 bits per heavy atom. The summed E-state index contributed by atoms with van der Waals surface area (Å²) in [5.41, 5.74) is 4.58. The second kappa shape index (κ2) is 14.3. The number of amides is 1. The summed E-state index contributed by atoms with van der Waals surface area (Å²) in [7, 11) is -1.48. The highest BCUT2D eigenvalue weighted by Gasteiger charge is 2.48. The molecule has 7 nitrogen and oxygen atoms in total. The quantitative estimate of drug-likeness (QED) is 0.218. The number of allylic oxidation sites excluding steroid dienone is 1. The molecule has 9 heteroatoms. The van der Waals surface area contributed by atoms with Crippen LogP contribution in [0.4, 0.5) is 5.69 Å². The fraction of sp³-hybridized carbons (Fsp3) is 0.487. The number of hydrogen-bond donors (Lipinski definition) is 2. The lowest BCUT2D eigenvalue weighted by molar-refractivity contribution is -0.0452. The van der Waals surface area contributed by atoms with Crippen molar-refractivity contribution >= 4 is 34.2 Å². The number of nitrogens with one attached hydrogen (secondary N) is 1. The van der Waals surface area contributed by atoms with E-state index in [0.29, 0.717) is 31.7 Å². The number of hydrogen-bond acceptors (Lipinski definition) is 6. The molecule has 6 rings (SSSR count). The number of aryl methyl sites for hydroxylation is 2. The van der Waals surface area contributed by atoms with E-state index in [2.05, 4.69) is 52.7 Å². The summed E-state index contributed by atoms with van der Waals surface area (Å²) in [5, 5.41) is 12.9. The van der Waals surface area contributed by atoms with E-state index < -0.39 is 16.6 Å². The minimum atomic E-state index is -1.48. The number of anilines is 1. The van der Waals surface area contributed by atoms with E-state index in [0.717, 1.165) is 66.2 Å². The number of nitrogens with zero attached hydrogens (tertiary/aromatic N) is 2. The van der Waals surface area contributed by atoms with Gasteiger partial charge in [-0.2, -0.15) is 0 Å². The predicted molar refractivity (Wildman–Crippen MR) is 194 cm³/mol. The summed E-state index contributed by atoms with van der Waals surface area (Å²) in [6.07, 6.45) is 12.1. The number of ether oxygens (including phenoxy) is 1. The maximum absolute atomic E-state index is 13.3. The first-order valence-electron chi connectivity index (χ1n) is 17.3. The van der Waals surface area contributed by atoms with Gasteiger partial charge in [-0.1, -0.05) is 36.7 Å². The maximum Gasteiger partial charge on any atom is 0.263 e. The van der Waals surface area contributed by atoms with E-state index in [4.69, 9.17) is 16.3 Å². The summed E-state index contributed by atoms with van der Waals surface area (Å²) in [6, 6.07) is 15.8. The number of carbonyl (C=O) groups excluding carboxylic acids is 1. The standard InChI is InChI=1S/C39H48ClN3O4S/c1-5-6-17-39(45,22-32-19-27(4)15-18-41-32)34-12-9-30(34)23-43-24-38(16-7-8-28-20-31(40)11-13-33(28)38)25-47-36-14-10-29(21-35(36)43)37(44)42-48(46)26(2)3/h6,10-11,13-15,17-21,26,30,34,45H,5,7-9,12,16,22-25H2,1-4H3,(H,42,44)/b17-6+/t30?,34?,38-,39-,48?/m0/s1. The molecule has 0 saturated heterocycles. The normalized spacial score (nSPS) is 23.9. The van der Waals surface area contributed by atoms with Gasteiger partial charge in [0.2, 0.25) is 0 Å². The predicted octanol–water partition coefficient (Wildman–Crippen LogP) is 7.28. The SMILES string of the molecule is CC/C=C/[C@](O)(Cc1cc(C)ccn1)C1CCC1CN1C[C@@]2(CCCc3cc(Cl)ccc32)COc2ccc(C(=O)NS(=O)C(C)C)cc21. The fourth-order valence-electron chi connectivity index (χ4n) is 7.87. The van der Waals surface area contributed by atoms with E-state index in [9.17, 15) is 14.1 Å². The lowest BCUT2D eigenvalue weighted by atomic mass is 9.62. The third-order valence-electron chi connectivity index (χ3n) is 10.5. The molecule has 1 amide bonds. The molecule has 0 bridgehead atoms. The second-order valence-corrected chi connectivity index (χ2v) is 16.5. The van der Waals surface area contributed by atoms with Gasteiger partial charge in [0, 0.05) is 52.7 Å². The highest BCUT2D eigenvalue weighted by molar-refractivity contribution is 7.84. The molecule has 256 valence electrons. The van der Waals surface area contributed by atoms with Gasteiger partial charge in [0.05, 0.1) is 17.9 Å². The Bertz CT molecular complexity index is 1710. The van der Waals surface area contributed by atoms with Crippen LogP contribution in [0.2, 0.25) is 5.02 Å². The Morgan fingerprint density at radius 3 is 2.79 bits per heavy atom. The number of aliphatic hydroxyl groups is 1. The second-order valence-electron chi connectivity index (χ2n) is 14.3. The largest absolute Gasteiger partial charge is 0.490 e. The van der Waals surface area contributed by atoms with Crippen molar-refractivity contribution in [1.29, 1.82) is 0 Å². The molecular weight excluding hydrogens is 642 g/mol. The van der Waals surface area contributed by atoms with Gasteiger partial charge in [-0.15, -0.1) is 0 Å². The van der Waals surface area contributed by atoms with Gasteiger partial charge in [0.15, 0.2) is 0 Å². The highest BCUT2D eigenvalue weighted by Crippen LogP contribution is 2.48. The number of benzene rings is 2. The van der Waals surface area contributed by atoms with Crippen molar-refractivity contribution in [3.63, 3.8) is 0 Å². The Balaban J connectivity index is 1.36. The minimum absolute atomic E-state index is 0.0450. The maximum atomic E-state index is 13.3. The molecule has 1 aliphatic heterocycles. The van der Waals surface area contributed by atoms with Crippen LogP contribution in [0.3, 0.4) is 0 Å². The number of rotatable bonds is 10. The van der Waals surface area contributed by atoms with Gasteiger partial charge in [-0.05, 0) is 130 Å². The van der Waals surface area contributed by atoms with Crippen molar-refractivity contribution in [2.45, 2.75) is 88.9 Å². The smallest absolute Gasteiger partial charge is 0.263 e. The number of halogens is 1. The van der Waals surface area contributed by atoms with Crippen molar-refractivity contribution < 1.29 is 18.8 Å². The van der Waals surface area contributed by atoms with Crippen LogP contribution >= 0.6 is 11.6 Å². The molecule has 3 aliphatic rings. The average Bonchev–Trinajstić information content (AvgIpc) is 3.18. The highest BCUT2D eigenvalue weighted by atomic mass is 35.5. The number of aromatic nitrogens is 1. The minimum Gasteiger partial charge on any atom is -0.490 e. The first-order chi connectivity index (χ1) is 23.0. The van der Waals surface area contributed by atoms with Gasteiger partial charge >= 0.3 is 0 Å². The first kappa shape index (κ1) is 34.7. The van der Waals surface area contributed by atoms with Crippen molar-refractivity contribution in [3.05, 3.63) is 99.9 Å². The van der Waals surface area contributed by atoms with Crippen LogP contribution in [0.1, 0.15) is 85.6 Å². The van der Waals surface area contributed by atoms with Gasteiger partial charge in [-0.25, -0.2) is 4.21 Å². The molecule has 2 N–H and O–H groups in total. The van der Waals surface area contributed by atoms with Crippen molar-refractivity contribution in [3.8, 4) is 5.75 Å². The van der Waals surface area contributed by atoms with Crippen LogP contribution in [0.15, 0.2) is 66.9 Å². The Kier molecular flexibility index (Phi) is 10.4. The molecule has 3 unspecified atom stereocenters. The summed E-state index contributed by atoms with van der Waals surface area (Å²) in [5.74, 6) is 0.621. The Labute approximate surface area is 292 Å². The van der Waals surface area contributed by atoms with E-state index in [1.807, 2.05) is 50.4 Å². The van der Waals surface area contributed by atoms with E-state index in [1.54, 1.807) is 6.07 Å². The van der Waals surface area contributed by atoms with E-state index >= 15 is 0 Å². The van der Waals surface area contributed by atoms with Gasteiger partial charge < -0.3 is 14.7 Å². The number of pyridine rings is 1. The summed E-state index contributed by atoms with van der Waals surface area (Å²) < 4.78 is 21.8. The molecule has 0 radical (unpaired) electrons. The molecule has 2 heterocycles. The van der Waals surface area contributed by atoms with Crippen LogP contribution in [-0.2, 0) is 29.2 Å². The van der Waals surface area contributed by atoms with Crippen molar-refractivity contribution in [2.24, 2.45) is 11.8 Å². The third kappa shape index (κ3) is 7.22. The van der Waals surface area contributed by atoms with Crippen LogP contribution in [0.25, 0.3) is 0 Å². The lowest BCUT2D eigenvalue weighted by Gasteiger charge is -2.49. The summed E-state index contributed by atoms with van der Waals surface area (Å²) >= 11 is 6.46. The molecule has 48 heavy (non-hydrogen) atoms.